The number of hydrogen-bond acceptors (Lipinski definition) is 5. The van der Waals surface area contributed by atoms with Crippen LogP contribution in [0, 0.1) is 6.92 Å². The highest BCUT2D eigenvalue weighted by Crippen LogP contribution is 2.19. The van der Waals surface area contributed by atoms with Crippen molar-refractivity contribution in [1.29, 1.82) is 0 Å². The van der Waals surface area contributed by atoms with Crippen molar-refractivity contribution in [2.75, 3.05) is 13.2 Å². The van der Waals surface area contributed by atoms with E-state index in [1.165, 1.54) is 17.8 Å². The molecule has 1 fully saturated rings. The Balaban J connectivity index is 1.89. The Morgan fingerprint density at radius 1 is 1.50 bits per heavy atom. The van der Waals surface area contributed by atoms with Gasteiger partial charge in [0.1, 0.15) is 0 Å². The fourth-order valence-electron chi connectivity index (χ4n) is 2.86. The van der Waals surface area contributed by atoms with Gasteiger partial charge in [0.05, 0.1) is 12.3 Å². The Morgan fingerprint density at radius 2 is 2.35 bits per heavy atom. The highest BCUT2D eigenvalue weighted by Gasteiger charge is 2.22. The van der Waals surface area contributed by atoms with Gasteiger partial charge in [-0.1, -0.05) is 6.42 Å². The molecule has 0 spiro atoms. The molecule has 0 aromatic carbocycles. The molecule has 108 valence electrons. The Morgan fingerprint density at radius 3 is 3.15 bits per heavy atom. The van der Waals surface area contributed by atoms with E-state index in [4.69, 9.17) is 0 Å². The van der Waals surface area contributed by atoms with Crippen molar-refractivity contribution < 1.29 is 5.11 Å². The van der Waals surface area contributed by atoms with Gasteiger partial charge >= 0.3 is 0 Å². The summed E-state index contributed by atoms with van der Waals surface area (Å²) in [5.74, 6) is 0. The van der Waals surface area contributed by atoms with Gasteiger partial charge in [-0.3, -0.25) is 14.1 Å². The number of likely N-dealkylation sites (tertiary alicyclic amines) is 1. The lowest BCUT2D eigenvalue weighted by atomic mass is 10.0. The summed E-state index contributed by atoms with van der Waals surface area (Å²) in [5, 5.41) is 11.4. The second-order valence-electron chi connectivity index (χ2n) is 5.38. The summed E-state index contributed by atoms with van der Waals surface area (Å²) in [5.41, 5.74) is 1.72. The molecule has 1 saturated heterocycles. The minimum atomic E-state index is -0.0127. The van der Waals surface area contributed by atoms with Gasteiger partial charge in [-0.25, -0.2) is 4.98 Å². The third kappa shape index (κ3) is 2.51. The van der Waals surface area contributed by atoms with Gasteiger partial charge in [0, 0.05) is 29.7 Å². The molecule has 1 atom stereocenters. The third-order valence-corrected chi connectivity index (χ3v) is 4.90. The standard InChI is InChI=1S/C14H19N3O2S/c1-10-9-20-14-15-11(6-13(19)17(10)14)7-16-5-3-2-4-12(16)8-18/h6,9,12,18H,2-5,7-8H2,1H3. The van der Waals surface area contributed by atoms with Crippen LogP contribution in [-0.2, 0) is 6.54 Å². The van der Waals surface area contributed by atoms with Gasteiger partial charge in [0.25, 0.3) is 5.56 Å². The molecule has 3 rings (SSSR count). The second kappa shape index (κ2) is 5.63. The molecule has 1 unspecified atom stereocenters. The first-order valence-electron chi connectivity index (χ1n) is 7.00. The maximum atomic E-state index is 12.1. The number of nitrogens with zero attached hydrogens (tertiary/aromatic N) is 3. The van der Waals surface area contributed by atoms with Crippen LogP contribution >= 0.6 is 11.3 Å². The van der Waals surface area contributed by atoms with E-state index in [2.05, 4.69) is 9.88 Å². The monoisotopic (exact) mass is 293 g/mol. The minimum absolute atomic E-state index is 0.0127. The molecular formula is C14H19N3O2S. The van der Waals surface area contributed by atoms with Crippen LogP contribution in [-0.4, -0.2) is 38.6 Å². The van der Waals surface area contributed by atoms with Crippen LogP contribution in [0.1, 0.15) is 30.7 Å². The Bertz CT molecular complexity index is 664. The number of aromatic nitrogens is 2. The summed E-state index contributed by atoms with van der Waals surface area (Å²) < 4.78 is 1.65. The summed E-state index contributed by atoms with van der Waals surface area (Å²) in [4.78, 5) is 19.7. The van der Waals surface area contributed by atoms with Crippen LogP contribution in [0.5, 0.6) is 0 Å². The number of hydrogen-bond donors (Lipinski definition) is 1. The van der Waals surface area contributed by atoms with Crippen LogP contribution in [0.2, 0.25) is 0 Å². The fourth-order valence-corrected chi connectivity index (χ4v) is 3.76. The highest BCUT2D eigenvalue weighted by atomic mass is 32.1. The summed E-state index contributed by atoms with van der Waals surface area (Å²) in [6.45, 7) is 3.71. The predicted octanol–water partition coefficient (Wildman–Crippen LogP) is 1.41. The number of aliphatic hydroxyl groups excluding tert-OH is 1. The molecular weight excluding hydrogens is 274 g/mol. The molecule has 1 aliphatic heterocycles. The summed E-state index contributed by atoms with van der Waals surface area (Å²) in [7, 11) is 0. The van der Waals surface area contributed by atoms with E-state index in [9.17, 15) is 9.90 Å². The summed E-state index contributed by atoms with van der Waals surface area (Å²) in [6.07, 6.45) is 3.34. The second-order valence-corrected chi connectivity index (χ2v) is 6.22. The zero-order valence-corrected chi connectivity index (χ0v) is 12.4. The quantitative estimate of drug-likeness (QED) is 0.929. The maximum Gasteiger partial charge on any atom is 0.259 e. The van der Waals surface area contributed by atoms with Crippen LogP contribution in [0.4, 0.5) is 0 Å². The van der Waals surface area contributed by atoms with Gasteiger partial charge in [-0.15, -0.1) is 11.3 Å². The van der Waals surface area contributed by atoms with E-state index in [0.29, 0.717) is 6.54 Å². The molecule has 0 bridgehead atoms. The zero-order chi connectivity index (χ0) is 14.1. The van der Waals surface area contributed by atoms with Gasteiger partial charge in [0.2, 0.25) is 0 Å². The normalized spacial score (nSPS) is 20.6. The summed E-state index contributed by atoms with van der Waals surface area (Å²) >= 11 is 1.49. The van der Waals surface area contributed by atoms with E-state index in [1.807, 2.05) is 12.3 Å². The molecule has 5 nitrogen and oxygen atoms in total. The van der Waals surface area contributed by atoms with Crippen molar-refractivity contribution in [1.82, 2.24) is 14.3 Å². The molecule has 2 aromatic heterocycles. The largest absolute Gasteiger partial charge is 0.395 e. The number of aryl methyl sites for hydroxylation is 1. The van der Waals surface area contributed by atoms with Crippen molar-refractivity contribution in [3.63, 3.8) is 0 Å². The molecule has 20 heavy (non-hydrogen) atoms. The van der Waals surface area contributed by atoms with E-state index in [0.717, 1.165) is 35.7 Å². The molecule has 0 aliphatic carbocycles. The third-order valence-electron chi connectivity index (χ3n) is 3.95. The number of piperidine rings is 1. The Labute approximate surface area is 121 Å². The molecule has 3 heterocycles. The molecule has 2 aromatic rings. The van der Waals surface area contributed by atoms with Crippen LogP contribution in [0.15, 0.2) is 16.2 Å². The Kier molecular flexibility index (Phi) is 3.87. The topological polar surface area (TPSA) is 57.8 Å². The first kappa shape index (κ1) is 13.7. The van der Waals surface area contributed by atoms with Crippen molar-refractivity contribution in [3.8, 4) is 0 Å². The highest BCUT2D eigenvalue weighted by molar-refractivity contribution is 7.15. The number of rotatable bonds is 3. The predicted molar refractivity (Wildman–Crippen MR) is 79.2 cm³/mol. The van der Waals surface area contributed by atoms with E-state index < -0.39 is 0 Å². The Hall–Kier alpha value is -1.24. The molecule has 0 amide bonds. The van der Waals surface area contributed by atoms with Gasteiger partial charge in [0.15, 0.2) is 4.96 Å². The minimum Gasteiger partial charge on any atom is -0.395 e. The SMILES string of the molecule is Cc1csc2nc(CN3CCCCC3CO)cc(=O)n12. The molecule has 1 aliphatic rings. The number of thiazole rings is 1. The molecule has 0 radical (unpaired) electrons. The van der Waals surface area contributed by atoms with Crippen LogP contribution < -0.4 is 5.56 Å². The van der Waals surface area contributed by atoms with E-state index in [-0.39, 0.29) is 18.2 Å². The van der Waals surface area contributed by atoms with Gasteiger partial charge in [-0.2, -0.15) is 0 Å². The first-order chi connectivity index (χ1) is 9.69. The van der Waals surface area contributed by atoms with Crippen molar-refractivity contribution >= 4 is 16.3 Å². The number of fused-ring (bicyclic) bond motifs is 1. The average Bonchev–Trinajstić information content (AvgIpc) is 2.81. The van der Waals surface area contributed by atoms with Crippen molar-refractivity contribution in [2.45, 2.75) is 38.8 Å². The molecule has 1 N–H and O–H groups in total. The molecule has 6 heteroatoms. The molecule has 0 saturated carbocycles. The van der Waals surface area contributed by atoms with E-state index >= 15 is 0 Å². The van der Waals surface area contributed by atoms with Crippen molar-refractivity contribution in [3.05, 3.63) is 33.2 Å². The lowest BCUT2D eigenvalue weighted by Gasteiger charge is -2.34. The van der Waals surface area contributed by atoms with Gasteiger partial charge < -0.3 is 5.11 Å². The van der Waals surface area contributed by atoms with Crippen molar-refractivity contribution in [2.24, 2.45) is 0 Å². The summed E-state index contributed by atoms with van der Waals surface area (Å²) in [6, 6.07) is 1.82. The smallest absolute Gasteiger partial charge is 0.259 e. The van der Waals surface area contributed by atoms with Crippen LogP contribution in [0.3, 0.4) is 0 Å². The average molecular weight is 293 g/mol. The van der Waals surface area contributed by atoms with E-state index in [1.54, 1.807) is 10.5 Å². The maximum absolute atomic E-state index is 12.1. The van der Waals surface area contributed by atoms with Gasteiger partial charge in [-0.05, 0) is 26.3 Å². The lowest BCUT2D eigenvalue weighted by Crippen LogP contribution is -2.41. The zero-order valence-electron chi connectivity index (χ0n) is 11.6. The van der Waals surface area contributed by atoms with Crippen LogP contribution in [0.25, 0.3) is 4.96 Å². The number of aliphatic hydroxyl groups is 1. The lowest BCUT2D eigenvalue weighted by molar-refractivity contribution is 0.0831. The first-order valence-corrected chi connectivity index (χ1v) is 7.88. The fraction of sp³-hybridized carbons (Fsp3) is 0.571.